The van der Waals surface area contributed by atoms with E-state index in [1.54, 1.807) is 6.08 Å². The van der Waals surface area contributed by atoms with Crippen molar-refractivity contribution in [3.05, 3.63) is 47.5 Å². The second-order valence-corrected chi connectivity index (χ2v) is 9.18. The quantitative estimate of drug-likeness (QED) is 0.691. The summed E-state index contributed by atoms with van der Waals surface area (Å²) in [6.07, 6.45) is 3.47. The van der Waals surface area contributed by atoms with Crippen molar-refractivity contribution >= 4 is 0 Å². The first kappa shape index (κ1) is 20.0. The van der Waals surface area contributed by atoms with Crippen molar-refractivity contribution in [3.63, 3.8) is 0 Å². The minimum absolute atomic E-state index is 0.0634. The zero-order chi connectivity index (χ0) is 20.2. The van der Waals surface area contributed by atoms with Gasteiger partial charge in [0.05, 0.1) is 19.8 Å². The van der Waals surface area contributed by atoms with E-state index in [0.717, 1.165) is 24.0 Å². The number of benzene rings is 1. The Morgan fingerprint density at radius 2 is 1.82 bits per heavy atom. The Kier molecular flexibility index (Phi) is 4.96. The molecule has 1 aromatic rings. The fourth-order valence-corrected chi connectivity index (χ4v) is 6.02. The summed E-state index contributed by atoms with van der Waals surface area (Å²) < 4.78 is 11.8. The van der Waals surface area contributed by atoms with E-state index in [0.29, 0.717) is 6.61 Å². The number of fused-ring (bicyclic) bond motifs is 2. The molecule has 154 valence electrons. The van der Waals surface area contributed by atoms with Gasteiger partial charge in [0.15, 0.2) is 5.60 Å². The van der Waals surface area contributed by atoms with E-state index in [-0.39, 0.29) is 36.9 Å². The molecule has 7 atom stereocenters. The third kappa shape index (κ3) is 2.71. The van der Waals surface area contributed by atoms with Gasteiger partial charge < -0.3 is 24.8 Å². The lowest BCUT2D eigenvalue weighted by atomic mass is 9.53. The van der Waals surface area contributed by atoms with Crippen molar-refractivity contribution in [1.29, 1.82) is 0 Å². The highest BCUT2D eigenvalue weighted by Gasteiger charge is 2.74. The molecule has 3 aliphatic rings. The SMILES string of the molecule is CC1=C[C@@]2(O)[C@](O)(COCc3ccccc3)[C@@H]3[C@H](CC[C@H]3C)[C@@H](C)[C@@]2(O)OC1. The Morgan fingerprint density at radius 1 is 1.11 bits per heavy atom. The molecule has 28 heavy (non-hydrogen) atoms. The molecule has 2 aliphatic carbocycles. The fraction of sp³-hybridized carbons (Fsp3) is 0.652. The van der Waals surface area contributed by atoms with Gasteiger partial charge in [-0.1, -0.05) is 50.6 Å². The van der Waals surface area contributed by atoms with Gasteiger partial charge in [-0.05, 0) is 48.3 Å². The summed E-state index contributed by atoms with van der Waals surface area (Å²) in [4.78, 5) is 0. The lowest BCUT2D eigenvalue weighted by Crippen LogP contribution is -2.80. The number of rotatable bonds is 4. The van der Waals surface area contributed by atoms with Crippen LogP contribution in [0.1, 0.15) is 39.2 Å². The van der Waals surface area contributed by atoms with Crippen LogP contribution in [0.3, 0.4) is 0 Å². The summed E-state index contributed by atoms with van der Waals surface area (Å²) in [5, 5.41) is 35.3. The van der Waals surface area contributed by atoms with Crippen LogP contribution in [0.4, 0.5) is 0 Å². The van der Waals surface area contributed by atoms with Crippen molar-refractivity contribution in [2.75, 3.05) is 13.2 Å². The van der Waals surface area contributed by atoms with Crippen LogP contribution >= 0.6 is 0 Å². The number of hydrogen-bond acceptors (Lipinski definition) is 5. The van der Waals surface area contributed by atoms with E-state index in [1.165, 1.54) is 0 Å². The predicted molar refractivity (Wildman–Crippen MR) is 105 cm³/mol. The van der Waals surface area contributed by atoms with Gasteiger partial charge in [0.1, 0.15) is 5.60 Å². The summed E-state index contributed by atoms with van der Waals surface area (Å²) in [7, 11) is 0. The molecule has 2 fully saturated rings. The standard InChI is InChI=1S/C23H32O5/c1-15-11-22(25)21(24,14-27-13-18-7-5-4-6-8-18)20-16(2)9-10-19(20)17(3)23(22,26)28-12-15/h4-8,11,16-17,19-20,24-26H,9-10,12-14H2,1-3H3/t16-,17-,19-,20+,21+,22-,23-/m1/s1. The number of ether oxygens (including phenoxy) is 2. The van der Waals surface area contributed by atoms with Crippen molar-refractivity contribution in [2.45, 2.75) is 57.2 Å². The molecule has 0 radical (unpaired) electrons. The van der Waals surface area contributed by atoms with E-state index in [1.807, 2.05) is 44.2 Å². The summed E-state index contributed by atoms with van der Waals surface area (Å²) in [6, 6.07) is 9.76. The molecule has 1 aromatic carbocycles. The van der Waals surface area contributed by atoms with Gasteiger partial charge >= 0.3 is 0 Å². The molecule has 3 N–H and O–H groups in total. The van der Waals surface area contributed by atoms with Crippen LogP contribution in [0, 0.1) is 23.7 Å². The molecular formula is C23H32O5. The van der Waals surface area contributed by atoms with Gasteiger partial charge in [-0.15, -0.1) is 0 Å². The van der Waals surface area contributed by atoms with Crippen LogP contribution in [0.5, 0.6) is 0 Å². The molecule has 0 spiro atoms. The zero-order valence-corrected chi connectivity index (χ0v) is 17.0. The summed E-state index contributed by atoms with van der Waals surface area (Å²) >= 11 is 0. The molecule has 1 heterocycles. The molecule has 2 saturated carbocycles. The van der Waals surface area contributed by atoms with E-state index in [4.69, 9.17) is 9.47 Å². The Hall–Kier alpha value is -1.24. The van der Waals surface area contributed by atoms with Crippen LogP contribution in [0.15, 0.2) is 42.0 Å². The van der Waals surface area contributed by atoms with E-state index in [9.17, 15) is 15.3 Å². The molecule has 0 saturated heterocycles. The Bertz CT molecular complexity index is 749. The molecule has 0 unspecified atom stereocenters. The molecule has 0 aromatic heterocycles. The minimum Gasteiger partial charge on any atom is -0.384 e. The first-order chi connectivity index (χ1) is 13.2. The smallest absolute Gasteiger partial charge is 0.204 e. The molecule has 5 nitrogen and oxygen atoms in total. The second-order valence-electron chi connectivity index (χ2n) is 9.18. The lowest BCUT2D eigenvalue weighted by molar-refractivity contribution is -0.395. The van der Waals surface area contributed by atoms with Crippen LogP contribution in [-0.4, -0.2) is 45.5 Å². The first-order valence-electron chi connectivity index (χ1n) is 10.3. The molecule has 5 heteroatoms. The largest absolute Gasteiger partial charge is 0.384 e. The van der Waals surface area contributed by atoms with Gasteiger partial charge in [-0.3, -0.25) is 0 Å². The molecule has 0 bridgehead atoms. The Balaban J connectivity index is 1.71. The van der Waals surface area contributed by atoms with Gasteiger partial charge in [0.25, 0.3) is 0 Å². The normalized spacial score (nSPS) is 45.3. The van der Waals surface area contributed by atoms with Crippen LogP contribution in [0.2, 0.25) is 0 Å². The minimum atomic E-state index is -1.92. The summed E-state index contributed by atoms with van der Waals surface area (Å²) in [5.74, 6) is -2.00. The molecule has 1 aliphatic heterocycles. The highest BCUT2D eigenvalue weighted by atomic mass is 16.6. The topological polar surface area (TPSA) is 79.2 Å². The van der Waals surface area contributed by atoms with Crippen molar-refractivity contribution in [1.82, 2.24) is 0 Å². The predicted octanol–water partition coefficient (Wildman–Crippen LogP) is 2.64. The van der Waals surface area contributed by atoms with Crippen molar-refractivity contribution in [3.8, 4) is 0 Å². The maximum atomic E-state index is 12.0. The van der Waals surface area contributed by atoms with Gasteiger partial charge in [0.2, 0.25) is 5.79 Å². The molecule has 0 amide bonds. The zero-order valence-electron chi connectivity index (χ0n) is 17.0. The third-order valence-corrected chi connectivity index (χ3v) is 7.46. The summed E-state index contributed by atoms with van der Waals surface area (Å²) in [6.45, 7) is 6.41. The van der Waals surface area contributed by atoms with E-state index >= 15 is 0 Å². The van der Waals surface area contributed by atoms with Crippen LogP contribution in [-0.2, 0) is 16.1 Å². The highest BCUT2D eigenvalue weighted by Crippen LogP contribution is 2.61. The van der Waals surface area contributed by atoms with Crippen LogP contribution < -0.4 is 0 Å². The van der Waals surface area contributed by atoms with Gasteiger partial charge in [0, 0.05) is 5.92 Å². The Labute approximate surface area is 167 Å². The Morgan fingerprint density at radius 3 is 2.54 bits per heavy atom. The van der Waals surface area contributed by atoms with Crippen molar-refractivity contribution in [2.24, 2.45) is 23.7 Å². The number of hydrogen-bond donors (Lipinski definition) is 3. The highest BCUT2D eigenvalue weighted by molar-refractivity contribution is 5.31. The average molecular weight is 389 g/mol. The first-order valence-corrected chi connectivity index (χ1v) is 10.3. The van der Waals surface area contributed by atoms with Crippen molar-refractivity contribution < 1.29 is 24.8 Å². The van der Waals surface area contributed by atoms with Crippen LogP contribution in [0.25, 0.3) is 0 Å². The molecular weight excluding hydrogens is 356 g/mol. The van der Waals surface area contributed by atoms with E-state index < -0.39 is 17.0 Å². The average Bonchev–Trinajstić information content (AvgIpc) is 3.06. The summed E-state index contributed by atoms with van der Waals surface area (Å²) in [5.41, 5.74) is -1.76. The third-order valence-electron chi connectivity index (χ3n) is 7.46. The second kappa shape index (κ2) is 6.92. The van der Waals surface area contributed by atoms with E-state index in [2.05, 4.69) is 6.92 Å². The maximum absolute atomic E-state index is 12.0. The lowest BCUT2D eigenvalue weighted by Gasteiger charge is -2.63. The molecule has 4 rings (SSSR count). The van der Waals surface area contributed by atoms with Gasteiger partial charge in [-0.2, -0.15) is 0 Å². The number of aliphatic hydroxyl groups is 3. The fourth-order valence-electron chi connectivity index (χ4n) is 6.02. The monoisotopic (exact) mass is 388 g/mol. The van der Waals surface area contributed by atoms with Gasteiger partial charge in [-0.25, -0.2) is 0 Å². The maximum Gasteiger partial charge on any atom is 0.204 e.